The number of para-hydroxylation sites is 1. The number of ether oxygens (including phenoxy) is 1. The van der Waals surface area contributed by atoms with Crippen LogP contribution in [0.25, 0.3) is 22.4 Å². The number of amides is 2. The maximum atomic E-state index is 14.8. The Bertz CT molecular complexity index is 2930. The maximum Gasteiger partial charge on any atom is 0.261 e. The third-order valence-electron chi connectivity index (χ3n) is 14.2. The lowest BCUT2D eigenvalue weighted by molar-refractivity contribution is -0.122. The molecule has 2 amide bonds. The van der Waals surface area contributed by atoms with Gasteiger partial charge in [-0.05, 0) is 110 Å². The summed E-state index contributed by atoms with van der Waals surface area (Å²) in [6.07, 6.45) is 3.74. The highest BCUT2D eigenvalue weighted by atomic mass is 28.4. The fourth-order valence-electron chi connectivity index (χ4n) is 11.1. The first kappa shape index (κ1) is 44.0. The zero-order valence-corrected chi connectivity index (χ0v) is 39.3. The van der Waals surface area contributed by atoms with Crippen LogP contribution in [-0.2, 0) is 18.8 Å². The van der Waals surface area contributed by atoms with Crippen molar-refractivity contribution in [3.8, 4) is 5.75 Å². The molecule has 2 fully saturated rings. The Balaban J connectivity index is 1.02. The van der Waals surface area contributed by atoms with Crippen molar-refractivity contribution in [2.24, 2.45) is 17.8 Å². The first-order valence-electron chi connectivity index (χ1n) is 23.5. The van der Waals surface area contributed by atoms with E-state index in [4.69, 9.17) is 9.16 Å². The van der Waals surface area contributed by atoms with E-state index in [9.17, 15) is 14.7 Å². The van der Waals surface area contributed by atoms with Crippen LogP contribution in [0.3, 0.4) is 0 Å². The number of imide groups is 1. The normalized spacial score (nSPS) is 19.7. The molecular formula is C59H56N2O5Si. The van der Waals surface area contributed by atoms with Gasteiger partial charge in [0.05, 0.1) is 36.8 Å². The van der Waals surface area contributed by atoms with E-state index in [1.54, 1.807) is 6.07 Å². The highest BCUT2D eigenvalue weighted by Gasteiger charge is 2.58. The molecule has 7 aromatic rings. The molecule has 0 spiro atoms. The lowest BCUT2D eigenvalue weighted by Gasteiger charge is -2.44. The van der Waals surface area contributed by atoms with Crippen LogP contribution in [0.2, 0.25) is 5.04 Å². The fourth-order valence-corrected chi connectivity index (χ4v) is 15.6. The summed E-state index contributed by atoms with van der Waals surface area (Å²) in [7, 11) is -2.98. The predicted octanol–water partition coefficient (Wildman–Crippen LogP) is 11.7. The Morgan fingerprint density at radius 3 is 1.93 bits per heavy atom. The summed E-state index contributed by atoms with van der Waals surface area (Å²) in [6.45, 7) is 7.52. The number of hydrogen-bond donors (Lipinski definition) is 2. The number of carbonyl (C=O) groups is 2. The van der Waals surface area contributed by atoms with Gasteiger partial charge in [0, 0.05) is 22.7 Å². The van der Waals surface area contributed by atoms with E-state index in [2.05, 4.69) is 123 Å². The molecule has 10 rings (SSSR count). The summed E-state index contributed by atoms with van der Waals surface area (Å²) < 4.78 is 14.5. The molecule has 8 heteroatoms. The molecule has 0 saturated carbocycles. The molecule has 0 radical (unpaired) electrons. The van der Waals surface area contributed by atoms with Gasteiger partial charge in [0.2, 0.25) is 11.8 Å². The van der Waals surface area contributed by atoms with E-state index >= 15 is 0 Å². The Kier molecular flexibility index (Phi) is 12.1. The van der Waals surface area contributed by atoms with Crippen molar-refractivity contribution in [1.29, 1.82) is 0 Å². The van der Waals surface area contributed by atoms with Gasteiger partial charge in [0.1, 0.15) is 5.75 Å². The van der Waals surface area contributed by atoms with Gasteiger partial charge < -0.3 is 19.6 Å². The highest BCUT2D eigenvalue weighted by Crippen LogP contribution is 2.51. The number of benzene rings is 7. The van der Waals surface area contributed by atoms with E-state index in [-0.39, 0.29) is 34.6 Å². The number of hydrogen-bond acceptors (Lipinski definition) is 6. The predicted molar refractivity (Wildman–Crippen MR) is 273 cm³/mol. The molecule has 67 heavy (non-hydrogen) atoms. The summed E-state index contributed by atoms with van der Waals surface area (Å²) in [5, 5.41) is 18.1. The van der Waals surface area contributed by atoms with E-state index in [1.807, 2.05) is 84.9 Å². The van der Waals surface area contributed by atoms with Crippen LogP contribution in [0, 0.1) is 17.8 Å². The average molecular weight is 901 g/mol. The number of rotatable bonds is 13. The van der Waals surface area contributed by atoms with Crippen LogP contribution in [0.1, 0.15) is 51.2 Å². The smallest absolute Gasteiger partial charge is 0.261 e. The summed E-state index contributed by atoms with van der Waals surface area (Å²) in [6, 6.07) is 60.9. The van der Waals surface area contributed by atoms with Gasteiger partial charge in [0.25, 0.3) is 8.32 Å². The highest BCUT2D eigenvalue weighted by molar-refractivity contribution is 6.99. The molecule has 0 unspecified atom stereocenters. The van der Waals surface area contributed by atoms with E-state index in [1.165, 1.54) is 15.3 Å². The molecule has 0 aromatic heterocycles. The lowest BCUT2D eigenvalue weighted by atomic mass is 9.69. The monoisotopic (exact) mass is 900 g/mol. The van der Waals surface area contributed by atoms with Gasteiger partial charge in [-0.2, -0.15) is 0 Å². The first-order valence-corrected chi connectivity index (χ1v) is 25.4. The van der Waals surface area contributed by atoms with Gasteiger partial charge in [-0.1, -0.05) is 166 Å². The van der Waals surface area contributed by atoms with Gasteiger partial charge in [-0.3, -0.25) is 14.5 Å². The topological polar surface area (TPSA) is 88.1 Å². The zero-order chi connectivity index (χ0) is 46.1. The molecule has 4 atom stereocenters. The van der Waals surface area contributed by atoms with Crippen molar-refractivity contribution >= 4 is 70.0 Å². The number of fused-ring (bicyclic) bond motifs is 4. The molecule has 2 heterocycles. The number of nitrogens with one attached hydrogen (secondary N) is 1. The molecule has 0 bridgehead atoms. The molecule has 2 N–H and O–H groups in total. The standard InChI is InChI=1S/C59H56N2O5Si/c1-59(2,3)67(47-22-12-6-13-23-47,48-24-14-7-15-25-48)66-38-43-37-51-56(58(64)61(57(51)63)46-32-30-45(31-33-46)60-44-20-10-5-11-21-44)52-39-65-54(55(43)52)35-29-41(40-18-8-4-9-19-40)36-42-28-34-53(62)50-27-17-16-26-49(42)50/h4-28,30-34,36,51-52,54,56,60,62H,29,35,37-39H2,1-3H3/b41-36-/t51-,52+,54-,56-/m1/s1. The first-order chi connectivity index (χ1) is 32.6. The van der Waals surface area contributed by atoms with Gasteiger partial charge in [0.15, 0.2) is 0 Å². The Morgan fingerprint density at radius 2 is 1.28 bits per heavy atom. The molecular weight excluding hydrogens is 845 g/mol. The molecule has 3 aliphatic rings. The third-order valence-corrected chi connectivity index (χ3v) is 19.1. The van der Waals surface area contributed by atoms with E-state index in [0.29, 0.717) is 38.2 Å². The third kappa shape index (κ3) is 8.35. The maximum absolute atomic E-state index is 14.8. The number of anilines is 3. The second-order valence-electron chi connectivity index (χ2n) is 19.1. The molecule has 7 nitrogen and oxygen atoms in total. The van der Waals surface area contributed by atoms with E-state index in [0.717, 1.165) is 50.0 Å². The molecule has 2 aliphatic heterocycles. The number of carbonyl (C=O) groups excluding carboxylic acids is 2. The van der Waals surface area contributed by atoms with Crippen LogP contribution in [0.15, 0.2) is 193 Å². The number of nitrogens with zero attached hydrogens (tertiary/aromatic N) is 1. The summed E-state index contributed by atoms with van der Waals surface area (Å²) >= 11 is 0. The molecule has 1 aliphatic carbocycles. The number of allylic oxidation sites excluding steroid dienone is 1. The minimum Gasteiger partial charge on any atom is -0.507 e. The van der Waals surface area contributed by atoms with Gasteiger partial charge in [-0.25, -0.2) is 0 Å². The number of phenols is 1. The number of aromatic hydroxyl groups is 1. The lowest BCUT2D eigenvalue weighted by Crippen LogP contribution is -2.66. The van der Waals surface area contributed by atoms with Crippen LogP contribution in [0.5, 0.6) is 5.75 Å². The van der Waals surface area contributed by atoms with E-state index < -0.39 is 20.2 Å². The number of phenolic OH excluding ortho intramolecular Hbond substituents is 1. The Hall–Kier alpha value is -6.84. The van der Waals surface area contributed by atoms with Crippen LogP contribution < -0.4 is 20.6 Å². The minimum absolute atomic E-state index is 0.165. The van der Waals surface area contributed by atoms with Crippen molar-refractivity contribution in [1.82, 2.24) is 0 Å². The SMILES string of the molecule is CC(C)(C)[Si](OCC1=C2[C@@H](CC/C(=C/c3ccc(O)c4ccccc34)c3ccccc3)OC[C@@H]2[C@@H]2C(=O)N(c3ccc(Nc4ccccc4)cc3)C(=O)[C@@H]2C1)(c1ccccc1)c1ccccc1. The van der Waals surface area contributed by atoms with Crippen molar-refractivity contribution < 1.29 is 23.9 Å². The van der Waals surface area contributed by atoms with Crippen LogP contribution >= 0.6 is 0 Å². The second kappa shape index (κ2) is 18.4. The van der Waals surface area contributed by atoms with Crippen LogP contribution in [0.4, 0.5) is 17.1 Å². The van der Waals surface area contributed by atoms with Crippen molar-refractivity contribution in [3.05, 3.63) is 204 Å². The van der Waals surface area contributed by atoms with Gasteiger partial charge >= 0.3 is 0 Å². The Morgan fingerprint density at radius 1 is 0.701 bits per heavy atom. The van der Waals surface area contributed by atoms with Crippen molar-refractivity contribution in [2.75, 3.05) is 23.4 Å². The van der Waals surface area contributed by atoms with Crippen molar-refractivity contribution in [2.45, 2.75) is 51.2 Å². The quantitative estimate of drug-likeness (QED) is 0.0519. The van der Waals surface area contributed by atoms with Crippen LogP contribution in [-0.4, -0.2) is 44.6 Å². The summed E-state index contributed by atoms with van der Waals surface area (Å²) in [5.41, 5.74) is 7.87. The molecule has 336 valence electrons. The van der Waals surface area contributed by atoms with Gasteiger partial charge in [-0.15, -0.1) is 0 Å². The summed E-state index contributed by atoms with van der Waals surface area (Å²) in [4.78, 5) is 31.0. The average Bonchev–Trinajstić information content (AvgIpc) is 3.89. The molecule has 2 saturated heterocycles. The largest absolute Gasteiger partial charge is 0.507 e. The zero-order valence-electron chi connectivity index (χ0n) is 38.3. The van der Waals surface area contributed by atoms with Crippen molar-refractivity contribution in [3.63, 3.8) is 0 Å². The Labute approximate surface area is 394 Å². The second-order valence-corrected chi connectivity index (χ2v) is 23.4. The minimum atomic E-state index is -2.98. The molecule has 7 aromatic carbocycles. The summed E-state index contributed by atoms with van der Waals surface area (Å²) in [5.74, 6) is -1.43. The fraction of sp³-hybridized carbons (Fsp3) is 0.220.